The monoisotopic (exact) mass is 724 g/mol. The van der Waals surface area contributed by atoms with Crippen molar-refractivity contribution in [1.29, 1.82) is 0 Å². The molecule has 0 atom stereocenters. The molecule has 0 saturated carbocycles. The average molecular weight is 725 g/mol. The van der Waals surface area contributed by atoms with Crippen LogP contribution in [0.15, 0.2) is 116 Å². The molecular weight excluding hydrogens is 683 g/mol. The number of carbonyl (C=O) groups is 1. The number of nitrogens with zero attached hydrogens (tertiary/aromatic N) is 1. The van der Waals surface area contributed by atoms with E-state index < -0.39 is 0 Å². The van der Waals surface area contributed by atoms with Crippen LogP contribution in [0.2, 0.25) is 0 Å². The number of hydrogen-bond acceptors (Lipinski definition) is 4. The molecule has 50 heavy (non-hydrogen) atoms. The number of nitrogens with one attached hydrogen (secondary N) is 3. The van der Waals surface area contributed by atoms with Crippen molar-refractivity contribution in [2.24, 2.45) is 0 Å². The normalized spacial score (nSPS) is 9.74. The van der Waals surface area contributed by atoms with Gasteiger partial charge in [-0.1, -0.05) is 72.8 Å². The maximum Gasteiger partial charge on any atom is 0.174 e. The third-order valence-corrected chi connectivity index (χ3v) is 6.70. The highest BCUT2D eigenvalue weighted by Gasteiger charge is 2.03. The van der Waals surface area contributed by atoms with Gasteiger partial charge in [0.25, 0.3) is 0 Å². The zero-order valence-electron chi connectivity index (χ0n) is 27.8. The Hall–Kier alpha value is -4.70. The first-order valence-corrected chi connectivity index (χ1v) is 17.9. The fraction of sp³-hybridized carbons (Fsp3) is 0.184. The Morgan fingerprint density at radius 1 is 0.700 bits per heavy atom. The van der Waals surface area contributed by atoms with Gasteiger partial charge in [-0.15, -0.1) is 8.58 Å². The van der Waals surface area contributed by atoms with E-state index in [4.69, 9.17) is 17.3 Å². The molecule has 6 aromatic rings. The number of benzene rings is 4. The summed E-state index contributed by atoms with van der Waals surface area (Å²) in [6.07, 6.45) is 7.39. The number of aromatic amines is 3. The van der Waals surface area contributed by atoms with Crippen LogP contribution in [-0.4, -0.2) is 51.3 Å². The molecule has 12 heteroatoms. The maximum absolute atomic E-state index is 13.2. The minimum Gasteiger partial charge on any atom is -0.396 e. The van der Waals surface area contributed by atoms with Crippen LogP contribution in [0.5, 0.6) is 0 Å². The quantitative estimate of drug-likeness (QED) is 0.0546. The van der Waals surface area contributed by atoms with Crippen LogP contribution in [-0.2, 0) is 30.5 Å². The molecule has 0 bridgehead atoms. The molecule has 6 nitrogen and oxygen atoms in total. The highest BCUT2D eigenvalue weighted by Crippen LogP contribution is 2.12. The lowest BCUT2D eigenvalue weighted by Crippen LogP contribution is -1.93. The molecule has 2 heterocycles. The van der Waals surface area contributed by atoms with Crippen LogP contribution in [0.25, 0.3) is 0 Å². The van der Waals surface area contributed by atoms with E-state index >= 15 is 0 Å². The van der Waals surface area contributed by atoms with E-state index in [9.17, 15) is 22.4 Å². The van der Waals surface area contributed by atoms with Crippen LogP contribution in [0.1, 0.15) is 33.6 Å². The molecule has 0 aliphatic heterocycles. The minimum atomic E-state index is -0.311. The Bertz CT molecular complexity index is 1870. The van der Waals surface area contributed by atoms with Crippen molar-refractivity contribution in [3.05, 3.63) is 177 Å². The highest BCUT2D eigenvalue weighted by molar-refractivity contribution is 7.71. The SMILES string of the molecule is CPC.Fc1ccccc1Cc1c[nH]c(=S)[nH]1.Fc1ccccc1Cc1cnc[nH]1.O=CCc1ccccc1F.OCCc1ccccc1F. The van der Waals surface area contributed by atoms with Gasteiger partial charge in [-0.25, -0.2) is 22.5 Å². The molecule has 4 N–H and O–H groups in total. The van der Waals surface area contributed by atoms with E-state index in [1.807, 2.05) is 12.1 Å². The third-order valence-electron chi connectivity index (χ3n) is 6.48. The van der Waals surface area contributed by atoms with Crippen molar-refractivity contribution in [2.75, 3.05) is 19.9 Å². The number of carbonyl (C=O) groups excluding carboxylic acids is 1. The number of H-pyrrole nitrogens is 3. The van der Waals surface area contributed by atoms with Gasteiger partial charge in [0, 0.05) is 49.7 Å². The van der Waals surface area contributed by atoms with Gasteiger partial charge in [-0.05, 0) is 78.5 Å². The van der Waals surface area contributed by atoms with Crippen molar-refractivity contribution in [3.63, 3.8) is 0 Å². The predicted molar refractivity (Wildman–Crippen MR) is 196 cm³/mol. The summed E-state index contributed by atoms with van der Waals surface area (Å²) in [5, 5.41) is 8.48. The summed E-state index contributed by atoms with van der Waals surface area (Å²) in [5.41, 5.74) is 4.19. The number of aromatic nitrogens is 4. The van der Waals surface area contributed by atoms with Crippen molar-refractivity contribution in [3.8, 4) is 0 Å². The van der Waals surface area contributed by atoms with Gasteiger partial charge in [0.1, 0.15) is 29.6 Å². The summed E-state index contributed by atoms with van der Waals surface area (Å²) >= 11 is 4.88. The fourth-order valence-electron chi connectivity index (χ4n) is 4.12. The maximum atomic E-state index is 13.2. The van der Waals surface area contributed by atoms with Gasteiger partial charge >= 0.3 is 0 Å². The summed E-state index contributed by atoms with van der Waals surface area (Å²) < 4.78 is 52.2. The van der Waals surface area contributed by atoms with Crippen LogP contribution >= 0.6 is 20.8 Å². The van der Waals surface area contributed by atoms with Crippen molar-refractivity contribution in [1.82, 2.24) is 19.9 Å². The van der Waals surface area contributed by atoms with Gasteiger partial charge in [0.05, 0.1) is 6.33 Å². The van der Waals surface area contributed by atoms with Crippen LogP contribution in [0, 0.1) is 28.0 Å². The molecule has 0 saturated heterocycles. The number of aliphatic hydroxyl groups excluding tert-OH is 1. The summed E-state index contributed by atoms with van der Waals surface area (Å²) in [4.78, 5) is 22.6. The molecule has 0 unspecified atom stereocenters. The molecule has 0 radical (unpaired) electrons. The van der Waals surface area contributed by atoms with Gasteiger partial charge in [-0.2, -0.15) is 0 Å². The van der Waals surface area contributed by atoms with Gasteiger partial charge in [-0.3, -0.25) is 0 Å². The Balaban J connectivity index is 0.000000227. The first-order chi connectivity index (χ1) is 24.2. The molecular formula is C38H41F4N4O2PS. The number of rotatable bonds is 8. The summed E-state index contributed by atoms with van der Waals surface area (Å²) in [6.45, 7) is 4.31. The van der Waals surface area contributed by atoms with E-state index in [1.165, 1.54) is 24.3 Å². The van der Waals surface area contributed by atoms with Crippen molar-refractivity contribution < 1.29 is 27.5 Å². The number of halogens is 4. The van der Waals surface area contributed by atoms with Crippen LogP contribution in [0.4, 0.5) is 17.6 Å². The topological polar surface area (TPSA) is 97.6 Å². The highest BCUT2D eigenvalue weighted by atomic mass is 32.1. The largest absolute Gasteiger partial charge is 0.396 e. The Kier molecular flexibility index (Phi) is 20.3. The molecule has 0 amide bonds. The summed E-state index contributed by atoms with van der Waals surface area (Å²) in [7, 11) is 1.08. The average Bonchev–Trinajstić information content (AvgIpc) is 3.78. The first kappa shape index (κ1) is 41.5. The van der Waals surface area contributed by atoms with Crippen molar-refractivity contribution >= 4 is 27.1 Å². The second kappa shape index (κ2) is 24.4. The molecule has 0 aliphatic rings. The molecule has 0 aliphatic carbocycles. The molecule has 4 aromatic carbocycles. The molecule has 0 fully saturated rings. The number of aliphatic hydroxyl groups is 1. The second-order valence-corrected chi connectivity index (χ2v) is 11.8. The number of hydrogen-bond donors (Lipinski definition) is 4. The van der Waals surface area contributed by atoms with Gasteiger partial charge < -0.3 is 24.9 Å². The van der Waals surface area contributed by atoms with E-state index in [1.54, 1.807) is 79.4 Å². The first-order valence-electron chi connectivity index (χ1n) is 15.5. The molecule has 0 spiro atoms. The standard InChI is InChI=1S/C10H9FN2S.C10H9FN2.C8H9FO.C8H7FO.C2H7P/c11-9-4-2-1-3-7(9)5-8-6-12-10(14)13-8;11-10-4-2-1-3-8(10)5-9-6-12-7-13-9;2*9-8-4-2-1-3-7(8)5-6-10;1-3-2/h1-4,6H,5H2,(H2,12,13,14);1-4,6-7H,5H2,(H,12,13);1-4,10H,5-6H2;1-4,6H,5H2;3H,1-2H3. The van der Waals surface area contributed by atoms with Gasteiger partial charge in [0.15, 0.2) is 4.77 Å². The summed E-state index contributed by atoms with van der Waals surface area (Å²) in [6, 6.07) is 26.2. The molecule has 2 aromatic heterocycles. The number of aldehydes is 1. The summed E-state index contributed by atoms with van der Waals surface area (Å²) in [5.74, 6) is -0.906. The van der Waals surface area contributed by atoms with E-state index in [2.05, 4.69) is 33.3 Å². The molecule has 6 rings (SSSR count). The van der Waals surface area contributed by atoms with E-state index in [0.29, 0.717) is 52.6 Å². The smallest absolute Gasteiger partial charge is 0.174 e. The van der Waals surface area contributed by atoms with E-state index in [0.717, 1.165) is 20.0 Å². The van der Waals surface area contributed by atoms with E-state index in [-0.39, 0.29) is 36.3 Å². The Morgan fingerprint density at radius 2 is 1.14 bits per heavy atom. The Morgan fingerprint density at radius 3 is 1.52 bits per heavy atom. The lowest BCUT2D eigenvalue weighted by molar-refractivity contribution is -0.107. The van der Waals surface area contributed by atoms with Crippen LogP contribution < -0.4 is 0 Å². The zero-order valence-corrected chi connectivity index (χ0v) is 29.6. The predicted octanol–water partition coefficient (Wildman–Crippen LogP) is 8.79. The van der Waals surface area contributed by atoms with Crippen molar-refractivity contribution in [2.45, 2.75) is 25.7 Å². The number of imidazole rings is 2. The van der Waals surface area contributed by atoms with Crippen LogP contribution in [0.3, 0.4) is 0 Å². The third kappa shape index (κ3) is 16.1. The minimum absolute atomic E-state index is 0.000926. The fourth-order valence-corrected chi connectivity index (χ4v) is 4.31. The van der Waals surface area contributed by atoms with Gasteiger partial charge in [0.2, 0.25) is 0 Å². The molecule has 264 valence electrons. The lowest BCUT2D eigenvalue weighted by atomic mass is 10.1. The lowest BCUT2D eigenvalue weighted by Gasteiger charge is -1.99. The zero-order chi connectivity index (χ0) is 36.6. The second-order valence-electron chi connectivity index (χ2n) is 10.4. The Labute approximate surface area is 296 Å².